The van der Waals surface area contributed by atoms with Gasteiger partial charge in [-0.1, -0.05) is 23.5 Å². The maximum atomic E-state index is 12.3. The number of hydrogen-bond donors (Lipinski definition) is 1. The van der Waals surface area contributed by atoms with E-state index in [1.165, 1.54) is 17.6 Å². The summed E-state index contributed by atoms with van der Waals surface area (Å²) >= 11 is 1.16. The molecule has 4 nitrogen and oxygen atoms in total. The first-order valence-electron chi connectivity index (χ1n) is 5.17. The van der Waals surface area contributed by atoms with Crippen LogP contribution in [-0.2, 0) is 17.4 Å². The molecule has 1 heterocycles. The Hall–Kier alpha value is -1.96. The monoisotopic (exact) mass is 287 g/mol. The Bertz CT molecular complexity index is 552. The van der Waals surface area contributed by atoms with Gasteiger partial charge in [0.15, 0.2) is 0 Å². The Morgan fingerprint density at radius 1 is 1.26 bits per heavy atom. The molecule has 0 radical (unpaired) electrons. The average molecular weight is 287 g/mol. The number of carbonyl (C=O) groups is 1. The van der Waals surface area contributed by atoms with Gasteiger partial charge in [-0.3, -0.25) is 4.79 Å². The fraction of sp³-hybridized carbons (Fsp3) is 0.182. The van der Waals surface area contributed by atoms with E-state index >= 15 is 0 Å². The largest absolute Gasteiger partial charge is 0.416 e. The van der Waals surface area contributed by atoms with Crippen LogP contribution in [0, 0.1) is 0 Å². The number of amides is 1. The van der Waals surface area contributed by atoms with Gasteiger partial charge in [-0.05, 0) is 17.7 Å². The standard InChI is InChI=1S/C11H8F3N3OS/c12-11(13,14)8-3-1-7(2-4-8)5-9(18)16-10-17-15-6-19-10/h1-4,6H,5H2,(H,16,17,18). The second kappa shape index (κ2) is 5.35. The number of nitrogens with zero attached hydrogens (tertiary/aromatic N) is 2. The average Bonchev–Trinajstić information content (AvgIpc) is 2.81. The highest BCUT2D eigenvalue weighted by Gasteiger charge is 2.29. The molecule has 0 atom stereocenters. The third-order valence-corrected chi connectivity index (χ3v) is 2.86. The van der Waals surface area contributed by atoms with Gasteiger partial charge < -0.3 is 5.32 Å². The molecule has 0 aliphatic heterocycles. The molecule has 0 unspecified atom stereocenters. The predicted molar refractivity (Wildman–Crippen MR) is 63.7 cm³/mol. The first kappa shape index (κ1) is 13.5. The van der Waals surface area contributed by atoms with Crippen LogP contribution in [0.2, 0.25) is 0 Å². The summed E-state index contributed by atoms with van der Waals surface area (Å²) in [6.07, 6.45) is -4.38. The number of alkyl halides is 3. The van der Waals surface area contributed by atoms with Crippen molar-refractivity contribution in [3.8, 4) is 0 Å². The van der Waals surface area contributed by atoms with Crippen LogP contribution in [0.15, 0.2) is 29.8 Å². The van der Waals surface area contributed by atoms with E-state index in [-0.39, 0.29) is 12.3 Å². The molecule has 1 amide bonds. The number of halogens is 3. The first-order valence-corrected chi connectivity index (χ1v) is 6.05. The van der Waals surface area contributed by atoms with Crippen LogP contribution in [0.4, 0.5) is 18.3 Å². The zero-order chi connectivity index (χ0) is 13.9. The van der Waals surface area contributed by atoms with E-state index in [4.69, 9.17) is 0 Å². The highest BCUT2D eigenvalue weighted by atomic mass is 32.1. The predicted octanol–water partition coefficient (Wildman–Crippen LogP) is 2.74. The van der Waals surface area contributed by atoms with Gasteiger partial charge in [0.05, 0.1) is 12.0 Å². The number of carbonyl (C=O) groups excluding carboxylic acids is 1. The molecule has 0 fully saturated rings. The Kier molecular flexibility index (Phi) is 3.79. The molecule has 2 aromatic rings. The Morgan fingerprint density at radius 3 is 2.47 bits per heavy atom. The number of nitrogens with one attached hydrogen (secondary N) is 1. The SMILES string of the molecule is O=C(Cc1ccc(C(F)(F)F)cc1)Nc1nncs1. The number of aromatic nitrogens is 2. The highest BCUT2D eigenvalue weighted by molar-refractivity contribution is 7.13. The molecular weight excluding hydrogens is 279 g/mol. The molecule has 1 aromatic heterocycles. The lowest BCUT2D eigenvalue weighted by atomic mass is 10.1. The van der Waals surface area contributed by atoms with Crippen molar-refractivity contribution in [3.63, 3.8) is 0 Å². The summed E-state index contributed by atoms with van der Waals surface area (Å²) in [5, 5.41) is 10.0. The van der Waals surface area contributed by atoms with E-state index in [9.17, 15) is 18.0 Å². The molecule has 0 aliphatic carbocycles. The van der Waals surface area contributed by atoms with Gasteiger partial charge in [0.2, 0.25) is 11.0 Å². The van der Waals surface area contributed by atoms with E-state index in [0.29, 0.717) is 10.7 Å². The number of benzene rings is 1. The van der Waals surface area contributed by atoms with Crippen LogP contribution in [0.25, 0.3) is 0 Å². The van der Waals surface area contributed by atoms with Crippen molar-refractivity contribution in [3.05, 3.63) is 40.9 Å². The topological polar surface area (TPSA) is 54.9 Å². The van der Waals surface area contributed by atoms with Crippen molar-refractivity contribution in [2.45, 2.75) is 12.6 Å². The van der Waals surface area contributed by atoms with Crippen molar-refractivity contribution in [2.75, 3.05) is 5.32 Å². The molecule has 0 saturated heterocycles. The number of hydrogen-bond acceptors (Lipinski definition) is 4. The Morgan fingerprint density at radius 2 is 1.95 bits per heavy atom. The molecule has 1 N–H and O–H groups in total. The molecule has 1 aromatic carbocycles. The second-order valence-corrected chi connectivity index (χ2v) is 4.50. The maximum Gasteiger partial charge on any atom is 0.416 e. The van der Waals surface area contributed by atoms with E-state index in [0.717, 1.165) is 23.5 Å². The molecule has 0 spiro atoms. The number of anilines is 1. The zero-order valence-electron chi connectivity index (χ0n) is 9.44. The Labute approximate surface area is 110 Å². The smallest absolute Gasteiger partial charge is 0.300 e. The van der Waals surface area contributed by atoms with Crippen molar-refractivity contribution < 1.29 is 18.0 Å². The third kappa shape index (κ3) is 3.75. The van der Waals surface area contributed by atoms with Crippen LogP contribution in [0.1, 0.15) is 11.1 Å². The van der Waals surface area contributed by atoms with Gasteiger partial charge in [-0.15, -0.1) is 10.2 Å². The lowest BCUT2D eigenvalue weighted by molar-refractivity contribution is -0.137. The summed E-state index contributed by atoms with van der Waals surface area (Å²) in [7, 11) is 0. The quantitative estimate of drug-likeness (QED) is 0.944. The van der Waals surface area contributed by atoms with Crippen LogP contribution >= 0.6 is 11.3 Å². The van der Waals surface area contributed by atoms with E-state index < -0.39 is 11.7 Å². The molecule has 0 aliphatic rings. The first-order chi connectivity index (χ1) is 8.95. The fourth-order valence-electron chi connectivity index (χ4n) is 1.39. The minimum absolute atomic E-state index is 0.0162. The van der Waals surface area contributed by atoms with Crippen molar-refractivity contribution in [1.29, 1.82) is 0 Å². The zero-order valence-corrected chi connectivity index (χ0v) is 10.3. The van der Waals surface area contributed by atoms with Crippen LogP contribution < -0.4 is 5.32 Å². The second-order valence-electron chi connectivity index (χ2n) is 3.66. The third-order valence-electron chi connectivity index (χ3n) is 2.25. The van der Waals surface area contributed by atoms with Gasteiger partial charge in [0, 0.05) is 0 Å². The highest BCUT2D eigenvalue weighted by Crippen LogP contribution is 2.29. The molecule has 100 valence electrons. The molecular formula is C11H8F3N3OS. The Balaban J connectivity index is 1.98. The molecule has 2 rings (SSSR count). The lowest BCUT2D eigenvalue weighted by Gasteiger charge is -2.07. The van der Waals surface area contributed by atoms with E-state index in [1.807, 2.05) is 0 Å². The van der Waals surface area contributed by atoms with E-state index in [2.05, 4.69) is 15.5 Å². The van der Waals surface area contributed by atoms with Gasteiger partial charge in [-0.25, -0.2) is 0 Å². The van der Waals surface area contributed by atoms with Crippen molar-refractivity contribution >= 4 is 22.4 Å². The van der Waals surface area contributed by atoms with Crippen molar-refractivity contribution in [1.82, 2.24) is 10.2 Å². The summed E-state index contributed by atoms with van der Waals surface area (Å²) in [4.78, 5) is 11.6. The summed E-state index contributed by atoms with van der Waals surface area (Å²) in [5.74, 6) is -0.350. The maximum absolute atomic E-state index is 12.3. The summed E-state index contributed by atoms with van der Waals surface area (Å²) in [5.41, 5.74) is 1.23. The van der Waals surface area contributed by atoms with Gasteiger partial charge in [0.25, 0.3) is 0 Å². The van der Waals surface area contributed by atoms with Crippen LogP contribution in [-0.4, -0.2) is 16.1 Å². The van der Waals surface area contributed by atoms with E-state index in [1.54, 1.807) is 0 Å². The van der Waals surface area contributed by atoms with Crippen LogP contribution in [0.5, 0.6) is 0 Å². The minimum Gasteiger partial charge on any atom is -0.300 e. The van der Waals surface area contributed by atoms with Gasteiger partial charge in [-0.2, -0.15) is 13.2 Å². The van der Waals surface area contributed by atoms with Gasteiger partial charge >= 0.3 is 6.18 Å². The molecule has 8 heteroatoms. The summed E-state index contributed by atoms with van der Waals surface area (Å²) in [6.45, 7) is 0. The molecule has 0 bridgehead atoms. The normalized spacial score (nSPS) is 11.3. The summed E-state index contributed by atoms with van der Waals surface area (Å²) < 4.78 is 37.0. The fourth-order valence-corrected chi connectivity index (χ4v) is 1.85. The van der Waals surface area contributed by atoms with Crippen molar-refractivity contribution in [2.24, 2.45) is 0 Å². The number of rotatable bonds is 3. The molecule has 0 saturated carbocycles. The summed E-state index contributed by atoms with van der Waals surface area (Å²) in [6, 6.07) is 4.46. The van der Waals surface area contributed by atoms with Gasteiger partial charge in [0.1, 0.15) is 5.51 Å². The minimum atomic E-state index is -4.37. The van der Waals surface area contributed by atoms with Crippen LogP contribution in [0.3, 0.4) is 0 Å². The lowest BCUT2D eigenvalue weighted by Crippen LogP contribution is -2.14. The molecule has 19 heavy (non-hydrogen) atoms.